The van der Waals surface area contributed by atoms with Crippen molar-refractivity contribution in [1.29, 1.82) is 0 Å². The molecule has 182 valence electrons. The molecule has 0 saturated carbocycles. The van der Waals surface area contributed by atoms with Crippen LogP contribution >= 0.6 is 0 Å². The average molecular weight is 475 g/mol. The van der Waals surface area contributed by atoms with E-state index in [4.69, 9.17) is 10.5 Å². The molecule has 7 heteroatoms. The third-order valence-electron chi connectivity index (χ3n) is 6.20. The fourth-order valence-electron chi connectivity index (χ4n) is 4.30. The van der Waals surface area contributed by atoms with Crippen molar-refractivity contribution < 1.29 is 18.3 Å². The molecule has 0 aromatic heterocycles. The molecule has 1 heterocycles. The molecule has 3 atom stereocenters. The Hall–Kier alpha value is -2.09. The van der Waals surface area contributed by atoms with Gasteiger partial charge in [-0.1, -0.05) is 58.0 Å². The van der Waals surface area contributed by atoms with Gasteiger partial charge in [-0.05, 0) is 47.1 Å². The van der Waals surface area contributed by atoms with Crippen molar-refractivity contribution in [3.8, 4) is 5.75 Å². The van der Waals surface area contributed by atoms with Gasteiger partial charge in [-0.3, -0.25) is 0 Å². The van der Waals surface area contributed by atoms with Gasteiger partial charge in [0.15, 0.2) is 9.84 Å². The molecule has 2 aromatic rings. The molecule has 1 fully saturated rings. The van der Waals surface area contributed by atoms with Gasteiger partial charge in [-0.15, -0.1) is 0 Å². The maximum absolute atomic E-state index is 12.7. The summed E-state index contributed by atoms with van der Waals surface area (Å²) in [6.07, 6.45) is 0.549. The summed E-state index contributed by atoms with van der Waals surface area (Å²) in [5, 5.41) is 14.4. The molecule has 3 rings (SSSR count). The van der Waals surface area contributed by atoms with Crippen LogP contribution in [0, 0.1) is 5.92 Å². The topological polar surface area (TPSA) is 102 Å². The molecule has 0 bridgehead atoms. The fourth-order valence-corrected chi connectivity index (χ4v) is 6.26. The number of nitrogens with one attached hydrogen (secondary N) is 1. The Kier molecular flexibility index (Phi) is 8.08. The van der Waals surface area contributed by atoms with E-state index in [1.54, 1.807) is 6.07 Å². The number of nitrogens with two attached hydrogens (primary N) is 1. The van der Waals surface area contributed by atoms with Crippen LogP contribution in [0.1, 0.15) is 50.8 Å². The lowest BCUT2D eigenvalue weighted by Gasteiger charge is -2.35. The highest BCUT2D eigenvalue weighted by atomic mass is 32.2. The second-order valence-corrected chi connectivity index (χ2v) is 12.3. The second-order valence-electron chi connectivity index (χ2n) is 10.2. The minimum absolute atomic E-state index is 0.0264. The molecule has 0 aliphatic carbocycles. The third kappa shape index (κ3) is 6.95. The first-order valence-corrected chi connectivity index (χ1v) is 13.5. The number of anilines is 1. The van der Waals surface area contributed by atoms with Crippen molar-refractivity contribution in [2.75, 3.05) is 23.8 Å². The highest BCUT2D eigenvalue weighted by Gasteiger charge is 2.39. The number of aliphatic hydroxyl groups is 1. The van der Waals surface area contributed by atoms with Gasteiger partial charge >= 0.3 is 0 Å². The van der Waals surface area contributed by atoms with Crippen molar-refractivity contribution in [3.05, 3.63) is 59.2 Å². The van der Waals surface area contributed by atoms with E-state index in [1.807, 2.05) is 31.2 Å². The van der Waals surface area contributed by atoms with E-state index >= 15 is 0 Å². The summed E-state index contributed by atoms with van der Waals surface area (Å²) in [5.74, 6) is 0.123. The first kappa shape index (κ1) is 25.5. The predicted molar refractivity (Wildman–Crippen MR) is 134 cm³/mol. The number of rotatable bonds is 8. The maximum Gasteiger partial charge on any atom is 0.152 e. The molecule has 0 radical (unpaired) electrons. The Labute approximate surface area is 198 Å². The molecule has 33 heavy (non-hydrogen) atoms. The lowest BCUT2D eigenvalue weighted by atomic mass is 9.86. The largest absolute Gasteiger partial charge is 0.491 e. The summed E-state index contributed by atoms with van der Waals surface area (Å²) in [4.78, 5) is 0. The van der Waals surface area contributed by atoms with Crippen LogP contribution in [0.3, 0.4) is 0 Å². The number of ether oxygens (including phenoxy) is 1. The molecule has 0 unspecified atom stereocenters. The molecular formula is C26H38N2O4S. The number of aliphatic hydroxyl groups excluding tert-OH is 1. The number of hydrogen-bond donors (Lipinski definition) is 3. The molecule has 2 aromatic carbocycles. The molecule has 1 aliphatic heterocycles. The molecule has 0 spiro atoms. The monoisotopic (exact) mass is 474 g/mol. The van der Waals surface area contributed by atoms with Gasteiger partial charge < -0.3 is 20.9 Å². The zero-order chi connectivity index (χ0) is 24.2. The van der Waals surface area contributed by atoms with Gasteiger partial charge in [0.1, 0.15) is 5.75 Å². The summed E-state index contributed by atoms with van der Waals surface area (Å²) in [6, 6.07) is 13.3. The third-order valence-corrected chi connectivity index (χ3v) is 8.00. The molecular weight excluding hydrogens is 436 g/mol. The Bertz CT molecular complexity index is 1050. The smallest absolute Gasteiger partial charge is 0.152 e. The average Bonchev–Trinajstić information content (AvgIpc) is 2.74. The van der Waals surface area contributed by atoms with Gasteiger partial charge in [0.2, 0.25) is 0 Å². The molecule has 0 amide bonds. The summed E-state index contributed by atoms with van der Waals surface area (Å²) in [7, 11) is -3.28. The summed E-state index contributed by atoms with van der Waals surface area (Å²) >= 11 is 0. The van der Waals surface area contributed by atoms with Crippen LogP contribution in [0.4, 0.5) is 5.69 Å². The van der Waals surface area contributed by atoms with Crippen molar-refractivity contribution in [2.24, 2.45) is 5.92 Å². The van der Waals surface area contributed by atoms with Crippen LogP contribution in [0.25, 0.3) is 0 Å². The van der Waals surface area contributed by atoms with Gasteiger partial charge in [0, 0.05) is 18.5 Å². The number of hydrogen-bond acceptors (Lipinski definition) is 6. The Balaban J connectivity index is 1.72. The van der Waals surface area contributed by atoms with Gasteiger partial charge in [0.25, 0.3) is 0 Å². The van der Waals surface area contributed by atoms with Crippen molar-refractivity contribution in [2.45, 2.75) is 64.6 Å². The number of benzene rings is 2. The Morgan fingerprint density at radius 2 is 1.88 bits per heavy atom. The van der Waals surface area contributed by atoms with Crippen LogP contribution in [0.15, 0.2) is 42.5 Å². The summed E-state index contributed by atoms with van der Waals surface area (Å²) in [5.41, 5.74) is 9.81. The molecule has 4 N–H and O–H groups in total. The predicted octanol–water partition coefficient (Wildman–Crippen LogP) is 3.46. The highest BCUT2D eigenvalue weighted by molar-refractivity contribution is 7.91. The van der Waals surface area contributed by atoms with E-state index < -0.39 is 27.9 Å². The Morgan fingerprint density at radius 1 is 1.12 bits per heavy atom. The zero-order valence-corrected chi connectivity index (χ0v) is 21.0. The second kappa shape index (κ2) is 10.5. The standard InChI is InChI=1S/C26H38N2O4S/c1-5-11-32-24-14-18(9-10-22(24)27)12-20-16-33(30,31)17-23(25(20)29)28-15-19-7-6-8-21(13-19)26(2,3)4/h6-10,13-14,20,23,25,28-29H,5,11-12,15-17,27H2,1-4H3/t20-,23+,25+/m1/s1. The minimum Gasteiger partial charge on any atom is -0.491 e. The summed E-state index contributed by atoms with van der Waals surface area (Å²) < 4.78 is 31.0. The van der Waals surface area contributed by atoms with Gasteiger partial charge in [0.05, 0.1) is 29.9 Å². The van der Waals surface area contributed by atoms with Crippen molar-refractivity contribution in [1.82, 2.24) is 5.32 Å². The lowest BCUT2D eigenvalue weighted by Crippen LogP contribution is -2.54. The maximum atomic E-state index is 12.7. The van der Waals surface area contributed by atoms with E-state index in [9.17, 15) is 13.5 Å². The minimum atomic E-state index is -3.28. The first-order valence-electron chi connectivity index (χ1n) is 11.7. The van der Waals surface area contributed by atoms with E-state index in [0.717, 1.165) is 17.5 Å². The van der Waals surface area contributed by atoms with Gasteiger partial charge in [-0.25, -0.2) is 8.42 Å². The molecule has 1 aliphatic rings. The van der Waals surface area contributed by atoms with Crippen molar-refractivity contribution >= 4 is 15.5 Å². The van der Waals surface area contributed by atoms with Crippen LogP contribution in [0.5, 0.6) is 5.75 Å². The van der Waals surface area contributed by atoms with E-state index in [1.165, 1.54) is 5.56 Å². The van der Waals surface area contributed by atoms with Crippen LogP contribution < -0.4 is 15.8 Å². The van der Waals surface area contributed by atoms with E-state index in [0.29, 0.717) is 31.0 Å². The molecule has 1 saturated heterocycles. The number of nitrogen functional groups attached to an aromatic ring is 1. The van der Waals surface area contributed by atoms with Crippen LogP contribution in [0.2, 0.25) is 0 Å². The fraction of sp³-hybridized carbons (Fsp3) is 0.538. The van der Waals surface area contributed by atoms with Gasteiger partial charge in [-0.2, -0.15) is 0 Å². The molecule has 6 nitrogen and oxygen atoms in total. The van der Waals surface area contributed by atoms with E-state index in [2.05, 4.69) is 38.2 Å². The SMILES string of the molecule is CCCOc1cc(C[C@@H]2CS(=O)(=O)C[C@H](NCc3cccc(C(C)(C)C)c3)[C@H]2O)ccc1N. The number of sulfone groups is 1. The Morgan fingerprint density at radius 3 is 2.58 bits per heavy atom. The van der Waals surface area contributed by atoms with Crippen molar-refractivity contribution in [3.63, 3.8) is 0 Å². The normalized spacial score (nSPS) is 22.8. The van der Waals surface area contributed by atoms with Crippen LogP contribution in [-0.2, 0) is 28.2 Å². The van der Waals surface area contributed by atoms with E-state index in [-0.39, 0.29) is 16.9 Å². The lowest BCUT2D eigenvalue weighted by molar-refractivity contribution is 0.0781. The highest BCUT2D eigenvalue weighted by Crippen LogP contribution is 2.29. The quantitative estimate of drug-likeness (QED) is 0.507. The zero-order valence-electron chi connectivity index (χ0n) is 20.2. The first-order chi connectivity index (χ1) is 15.5. The van der Waals surface area contributed by atoms with Crippen LogP contribution in [-0.4, -0.2) is 43.8 Å². The summed E-state index contributed by atoms with van der Waals surface area (Å²) in [6.45, 7) is 9.59.